The molecule has 2 N–H and O–H groups in total. The summed E-state index contributed by atoms with van der Waals surface area (Å²) < 4.78 is 1.11. The van der Waals surface area contributed by atoms with Crippen molar-refractivity contribution in [1.29, 1.82) is 0 Å². The number of thiophene rings is 1. The average molecular weight is 263 g/mol. The molecule has 0 aliphatic rings. The zero-order valence-electron chi connectivity index (χ0n) is 10.8. The van der Waals surface area contributed by atoms with E-state index in [1.165, 1.54) is 11.3 Å². The summed E-state index contributed by atoms with van der Waals surface area (Å²) in [6.07, 6.45) is 0. The van der Waals surface area contributed by atoms with Gasteiger partial charge in [-0.05, 0) is 37.8 Å². The minimum atomic E-state index is -0.598. The molecule has 2 aromatic rings. The fourth-order valence-electron chi connectivity index (χ4n) is 1.79. The normalized spacial score (nSPS) is 11.8. The monoisotopic (exact) mass is 263 g/mol. The number of amides is 1. The standard InChI is InChI=1S/C14H17NO2S/c1-9-10-6-4-5-7-11(10)18-12(9)13(17)15-14(2,3)8-16/h4-7,16H,8H2,1-3H3,(H,15,17). The molecule has 1 heterocycles. The minimum absolute atomic E-state index is 0.0807. The first-order valence-corrected chi connectivity index (χ1v) is 6.68. The predicted molar refractivity (Wildman–Crippen MR) is 75.2 cm³/mol. The van der Waals surface area contributed by atoms with E-state index in [0.29, 0.717) is 0 Å². The second kappa shape index (κ2) is 4.71. The molecule has 1 aromatic carbocycles. The first-order chi connectivity index (χ1) is 8.44. The Hall–Kier alpha value is -1.39. The lowest BCUT2D eigenvalue weighted by atomic mass is 10.1. The van der Waals surface area contributed by atoms with Crippen molar-refractivity contribution in [1.82, 2.24) is 5.32 Å². The van der Waals surface area contributed by atoms with E-state index in [-0.39, 0.29) is 12.5 Å². The van der Waals surface area contributed by atoms with Crippen molar-refractivity contribution in [3.05, 3.63) is 34.7 Å². The molecule has 0 unspecified atom stereocenters. The number of benzene rings is 1. The third-order valence-corrected chi connectivity index (χ3v) is 4.17. The molecule has 3 nitrogen and oxygen atoms in total. The molecule has 0 aliphatic heterocycles. The first-order valence-electron chi connectivity index (χ1n) is 5.86. The number of hydrogen-bond acceptors (Lipinski definition) is 3. The second-order valence-electron chi connectivity index (χ2n) is 5.05. The maximum atomic E-state index is 12.2. The molecule has 1 amide bonds. The fraction of sp³-hybridized carbons (Fsp3) is 0.357. The molecular formula is C14H17NO2S. The number of fused-ring (bicyclic) bond motifs is 1. The Morgan fingerprint density at radius 2 is 2.06 bits per heavy atom. The number of aliphatic hydroxyl groups excluding tert-OH is 1. The summed E-state index contributed by atoms with van der Waals surface area (Å²) in [5.74, 6) is -0.118. The van der Waals surface area contributed by atoms with Crippen molar-refractivity contribution in [2.45, 2.75) is 26.3 Å². The van der Waals surface area contributed by atoms with Crippen LogP contribution >= 0.6 is 11.3 Å². The minimum Gasteiger partial charge on any atom is -0.394 e. The Bertz CT molecular complexity index is 586. The number of aliphatic hydroxyl groups is 1. The van der Waals surface area contributed by atoms with Gasteiger partial charge < -0.3 is 10.4 Å². The Morgan fingerprint density at radius 1 is 1.39 bits per heavy atom. The second-order valence-corrected chi connectivity index (χ2v) is 6.10. The Kier molecular flexibility index (Phi) is 3.41. The van der Waals surface area contributed by atoms with Crippen LogP contribution in [0.5, 0.6) is 0 Å². The van der Waals surface area contributed by atoms with Crippen molar-refractivity contribution >= 4 is 27.3 Å². The van der Waals surface area contributed by atoms with Gasteiger partial charge in [-0.2, -0.15) is 0 Å². The van der Waals surface area contributed by atoms with Gasteiger partial charge in [0.1, 0.15) is 0 Å². The molecule has 0 saturated heterocycles. The Balaban J connectivity index is 2.37. The molecule has 0 fully saturated rings. The van der Waals surface area contributed by atoms with Gasteiger partial charge >= 0.3 is 0 Å². The van der Waals surface area contributed by atoms with Gasteiger partial charge in [0.15, 0.2) is 0 Å². The molecule has 0 aliphatic carbocycles. The Labute approximate surface area is 110 Å². The number of hydrogen-bond donors (Lipinski definition) is 2. The summed E-state index contributed by atoms with van der Waals surface area (Å²) in [5, 5.41) is 13.2. The third kappa shape index (κ3) is 2.40. The van der Waals surface area contributed by atoms with Gasteiger partial charge in [-0.25, -0.2) is 0 Å². The van der Waals surface area contributed by atoms with Crippen LogP contribution in [0.3, 0.4) is 0 Å². The zero-order chi connectivity index (χ0) is 13.3. The highest BCUT2D eigenvalue weighted by molar-refractivity contribution is 7.21. The lowest BCUT2D eigenvalue weighted by molar-refractivity contribution is 0.0873. The maximum absolute atomic E-state index is 12.2. The highest BCUT2D eigenvalue weighted by atomic mass is 32.1. The van der Waals surface area contributed by atoms with Gasteiger partial charge in [0, 0.05) is 4.70 Å². The lowest BCUT2D eigenvalue weighted by Crippen LogP contribution is -2.46. The van der Waals surface area contributed by atoms with Gasteiger partial charge in [-0.3, -0.25) is 4.79 Å². The van der Waals surface area contributed by atoms with Crippen LogP contribution < -0.4 is 5.32 Å². The van der Waals surface area contributed by atoms with Gasteiger partial charge in [0.05, 0.1) is 17.0 Å². The zero-order valence-corrected chi connectivity index (χ0v) is 11.6. The Morgan fingerprint density at radius 3 is 2.67 bits per heavy atom. The fourth-order valence-corrected chi connectivity index (χ4v) is 2.90. The molecule has 96 valence electrons. The number of nitrogens with one attached hydrogen (secondary N) is 1. The van der Waals surface area contributed by atoms with E-state index in [1.807, 2.05) is 31.2 Å². The molecule has 0 radical (unpaired) electrons. The number of carbonyl (C=O) groups excluding carboxylic acids is 1. The van der Waals surface area contributed by atoms with Crippen molar-refractivity contribution in [2.24, 2.45) is 0 Å². The summed E-state index contributed by atoms with van der Waals surface area (Å²) in [7, 11) is 0. The van der Waals surface area contributed by atoms with Gasteiger partial charge in [0.25, 0.3) is 5.91 Å². The van der Waals surface area contributed by atoms with Crippen molar-refractivity contribution in [3.8, 4) is 0 Å². The number of carbonyl (C=O) groups is 1. The molecule has 2 rings (SSSR count). The SMILES string of the molecule is Cc1c(C(=O)NC(C)(C)CO)sc2ccccc12. The van der Waals surface area contributed by atoms with Crippen LogP contribution in [-0.4, -0.2) is 23.2 Å². The summed E-state index contributed by atoms with van der Waals surface area (Å²) in [4.78, 5) is 12.9. The van der Waals surface area contributed by atoms with E-state index in [9.17, 15) is 9.90 Å². The predicted octanol–water partition coefficient (Wildman–Crippen LogP) is 2.71. The number of rotatable bonds is 3. The van der Waals surface area contributed by atoms with Crippen LogP contribution in [0.25, 0.3) is 10.1 Å². The van der Waals surface area contributed by atoms with E-state index in [2.05, 4.69) is 5.32 Å². The highest BCUT2D eigenvalue weighted by Crippen LogP contribution is 2.30. The van der Waals surface area contributed by atoms with Crippen LogP contribution in [0.2, 0.25) is 0 Å². The smallest absolute Gasteiger partial charge is 0.262 e. The van der Waals surface area contributed by atoms with Crippen LogP contribution in [0.1, 0.15) is 29.1 Å². The largest absolute Gasteiger partial charge is 0.394 e. The molecule has 18 heavy (non-hydrogen) atoms. The van der Waals surface area contributed by atoms with E-state index in [1.54, 1.807) is 13.8 Å². The third-order valence-electron chi connectivity index (χ3n) is 2.90. The van der Waals surface area contributed by atoms with Crippen molar-refractivity contribution in [2.75, 3.05) is 6.61 Å². The molecular weight excluding hydrogens is 246 g/mol. The maximum Gasteiger partial charge on any atom is 0.262 e. The molecule has 0 spiro atoms. The van der Waals surface area contributed by atoms with Crippen LogP contribution in [0.15, 0.2) is 24.3 Å². The van der Waals surface area contributed by atoms with Gasteiger partial charge in [-0.1, -0.05) is 18.2 Å². The van der Waals surface area contributed by atoms with Crippen molar-refractivity contribution < 1.29 is 9.90 Å². The molecule has 1 aromatic heterocycles. The molecule has 0 atom stereocenters. The number of aryl methyl sites for hydroxylation is 1. The van der Waals surface area contributed by atoms with E-state index < -0.39 is 5.54 Å². The summed E-state index contributed by atoms with van der Waals surface area (Å²) in [5.41, 5.74) is 0.404. The first kappa shape index (κ1) is 13.1. The summed E-state index contributed by atoms with van der Waals surface area (Å²) >= 11 is 1.49. The highest BCUT2D eigenvalue weighted by Gasteiger charge is 2.22. The summed E-state index contributed by atoms with van der Waals surface area (Å²) in [6.45, 7) is 5.48. The molecule has 4 heteroatoms. The van der Waals surface area contributed by atoms with Crippen LogP contribution in [0, 0.1) is 6.92 Å². The van der Waals surface area contributed by atoms with Crippen LogP contribution in [0.4, 0.5) is 0 Å². The van der Waals surface area contributed by atoms with Crippen molar-refractivity contribution in [3.63, 3.8) is 0 Å². The van der Waals surface area contributed by atoms with E-state index in [4.69, 9.17) is 0 Å². The van der Waals surface area contributed by atoms with Crippen LogP contribution in [-0.2, 0) is 0 Å². The summed E-state index contributed by atoms with van der Waals surface area (Å²) in [6, 6.07) is 7.98. The van der Waals surface area contributed by atoms with E-state index in [0.717, 1.165) is 20.5 Å². The topological polar surface area (TPSA) is 49.3 Å². The lowest BCUT2D eigenvalue weighted by Gasteiger charge is -2.23. The molecule has 0 bridgehead atoms. The van der Waals surface area contributed by atoms with E-state index >= 15 is 0 Å². The van der Waals surface area contributed by atoms with Gasteiger partial charge in [-0.15, -0.1) is 11.3 Å². The quantitative estimate of drug-likeness (QED) is 0.894. The molecule has 0 saturated carbocycles. The average Bonchev–Trinajstić information content (AvgIpc) is 2.67. The van der Waals surface area contributed by atoms with Gasteiger partial charge in [0.2, 0.25) is 0 Å².